The molecule has 1 radical (unpaired) electrons. The van der Waals surface area contributed by atoms with Crippen molar-refractivity contribution < 1.29 is 22.4 Å². The van der Waals surface area contributed by atoms with Crippen molar-refractivity contribution in [1.29, 1.82) is 0 Å². The number of hydrogen-bond acceptors (Lipinski definition) is 4. The first-order valence-corrected chi connectivity index (χ1v) is 5.07. The van der Waals surface area contributed by atoms with Gasteiger partial charge in [0.15, 0.2) is 0 Å². The van der Waals surface area contributed by atoms with Crippen molar-refractivity contribution in [3.05, 3.63) is 6.92 Å². The van der Waals surface area contributed by atoms with E-state index in [4.69, 9.17) is 14.0 Å². The van der Waals surface area contributed by atoms with Gasteiger partial charge in [-0.2, -0.15) is 8.42 Å². The molecule has 0 unspecified atom stereocenters. The molecule has 0 fully saturated rings. The van der Waals surface area contributed by atoms with Gasteiger partial charge in [-0.25, -0.2) is 0 Å². The Morgan fingerprint density at radius 3 is 2.15 bits per heavy atom. The van der Waals surface area contributed by atoms with Crippen LogP contribution in [0.5, 0.6) is 0 Å². The van der Waals surface area contributed by atoms with Gasteiger partial charge in [-0.15, -0.1) is 0 Å². The second kappa shape index (κ2) is 10.0. The van der Waals surface area contributed by atoms with Crippen LogP contribution in [0.1, 0.15) is 0 Å². The van der Waals surface area contributed by atoms with E-state index in [0.717, 1.165) is 0 Å². The summed E-state index contributed by atoms with van der Waals surface area (Å²) >= 11 is 0. The maximum absolute atomic E-state index is 10.2. The third-order valence-corrected chi connectivity index (χ3v) is 1.68. The molecule has 0 atom stereocenters. The van der Waals surface area contributed by atoms with E-state index >= 15 is 0 Å². The third kappa shape index (κ3) is 16.2. The van der Waals surface area contributed by atoms with Gasteiger partial charge in [0.1, 0.15) is 0 Å². The van der Waals surface area contributed by atoms with E-state index in [1.165, 1.54) is 0 Å². The van der Waals surface area contributed by atoms with Crippen LogP contribution >= 0.6 is 0 Å². The number of rotatable bonds is 7. The van der Waals surface area contributed by atoms with E-state index in [-0.39, 0.29) is 63.7 Å². The van der Waals surface area contributed by atoms with Crippen molar-refractivity contribution in [3.63, 3.8) is 0 Å². The predicted molar refractivity (Wildman–Crippen MR) is 50.6 cm³/mol. The average molecular weight is 237 g/mol. The van der Waals surface area contributed by atoms with Gasteiger partial charge in [0, 0.05) is 6.61 Å². The zero-order chi connectivity index (χ0) is 9.45. The van der Waals surface area contributed by atoms with Crippen molar-refractivity contribution in [2.24, 2.45) is 0 Å². The summed E-state index contributed by atoms with van der Waals surface area (Å²) in [5, 5.41) is 0. The van der Waals surface area contributed by atoms with Crippen LogP contribution in [0.15, 0.2) is 0 Å². The summed E-state index contributed by atoms with van der Waals surface area (Å²) in [6.45, 7) is 4.47. The van der Waals surface area contributed by atoms with Crippen molar-refractivity contribution in [2.75, 3.05) is 32.2 Å². The minimum absolute atomic E-state index is 0. The van der Waals surface area contributed by atoms with Crippen LogP contribution in [0.25, 0.3) is 0 Å². The van der Waals surface area contributed by atoms with Crippen LogP contribution in [0, 0.1) is 6.92 Å². The summed E-state index contributed by atoms with van der Waals surface area (Å²) in [6, 6.07) is 0. The fourth-order valence-electron chi connectivity index (χ4n) is 0.486. The van der Waals surface area contributed by atoms with Crippen LogP contribution in [0.2, 0.25) is 0 Å². The van der Waals surface area contributed by atoms with E-state index in [9.17, 15) is 8.42 Å². The van der Waals surface area contributed by atoms with Gasteiger partial charge in [-0.05, 0) is 6.92 Å². The predicted octanol–water partition coefficient (Wildman–Crippen LogP) is -0.907. The Kier molecular flexibility index (Phi) is 13.0. The van der Waals surface area contributed by atoms with Crippen molar-refractivity contribution >= 4 is 61.5 Å². The van der Waals surface area contributed by atoms with Gasteiger partial charge in [-0.1, -0.05) is 0 Å². The topological polar surface area (TPSA) is 72.8 Å². The summed E-state index contributed by atoms with van der Waals surface area (Å²) in [5.74, 6) is -0.378. The Hall–Kier alpha value is 1.47. The first-order chi connectivity index (χ1) is 5.56. The second-order valence-corrected chi connectivity index (χ2v) is 3.58. The fourth-order valence-corrected chi connectivity index (χ4v) is 0.815. The molecule has 0 saturated heterocycles. The minimum atomic E-state index is -3.90. The molecule has 13 heavy (non-hydrogen) atoms. The van der Waals surface area contributed by atoms with Crippen LogP contribution in [-0.4, -0.2) is 96.5 Å². The molecule has 0 aliphatic carbocycles. The molecule has 7 heteroatoms. The summed E-state index contributed by atoms with van der Waals surface area (Å²) in [6.07, 6.45) is 0. The molecular formula is C6H14KO5S. The zero-order valence-electron chi connectivity index (χ0n) is 6.73. The second-order valence-electron chi connectivity index (χ2n) is 2.01. The molecule has 0 aromatic rings. The van der Waals surface area contributed by atoms with Gasteiger partial charge in [-0.3, -0.25) is 4.55 Å². The molecule has 0 aromatic heterocycles. The van der Waals surface area contributed by atoms with E-state index in [1.807, 2.05) is 0 Å². The van der Waals surface area contributed by atoms with Gasteiger partial charge in [0.05, 0.1) is 25.6 Å². The summed E-state index contributed by atoms with van der Waals surface area (Å²) < 4.78 is 38.2. The Bertz CT molecular complexity index is 191. The number of hydrogen-bond donors (Lipinski definition) is 1. The average Bonchev–Trinajstić information content (AvgIpc) is 1.94. The molecule has 0 spiro atoms. The Balaban J connectivity index is 0. The Morgan fingerprint density at radius 1 is 1.15 bits per heavy atom. The molecule has 0 rings (SSSR count). The van der Waals surface area contributed by atoms with Crippen molar-refractivity contribution in [3.8, 4) is 0 Å². The molecule has 1 N–H and O–H groups in total. The van der Waals surface area contributed by atoms with Gasteiger partial charge in [0.2, 0.25) is 0 Å². The first-order valence-electron chi connectivity index (χ1n) is 3.46. The standard InChI is InChI=1S/C6H13O5S.K.H/c1-2-10-3-4-11-5-6-12(7,8)9;;/h1-6H2,(H,7,8,9);;. The normalized spacial score (nSPS) is 10.9. The molecule has 0 aromatic carbocycles. The fraction of sp³-hybridized carbons (Fsp3) is 0.833. The summed E-state index contributed by atoms with van der Waals surface area (Å²) in [7, 11) is -3.90. The summed E-state index contributed by atoms with van der Waals surface area (Å²) in [4.78, 5) is 0. The molecule has 0 aliphatic heterocycles. The van der Waals surface area contributed by atoms with Crippen molar-refractivity contribution in [1.82, 2.24) is 0 Å². The number of ether oxygens (including phenoxy) is 2. The SMILES string of the molecule is [CH2]COCCOCCS(=O)(=O)O.[KH]. The Morgan fingerprint density at radius 2 is 1.69 bits per heavy atom. The third-order valence-electron chi connectivity index (χ3n) is 1.00. The van der Waals surface area contributed by atoms with Gasteiger partial charge in [0.25, 0.3) is 10.1 Å². The molecule has 0 aliphatic rings. The molecule has 0 bridgehead atoms. The van der Waals surface area contributed by atoms with E-state index in [1.54, 1.807) is 0 Å². The molecule has 0 saturated carbocycles. The van der Waals surface area contributed by atoms with E-state index in [0.29, 0.717) is 19.8 Å². The van der Waals surface area contributed by atoms with Gasteiger partial charge >= 0.3 is 51.4 Å². The molecule has 0 heterocycles. The summed E-state index contributed by atoms with van der Waals surface area (Å²) in [5.41, 5.74) is 0. The molecular weight excluding hydrogens is 223 g/mol. The van der Waals surface area contributed by atoms with E-state index in [2.05, 4.69) is 6.92 Å². The van der Waals surface area contributed by atoms with Crippen LogP contribution in [-0.2, 0) is 19.6 Å². The van der Waals surface area contributed by atoms with E-state index < -0.39 is 10.1 Å². The zero-order valence-corrected chi connectivity index (χ0v) is 7.55. The maximum atomic E-state index is 10.2. The monoisotopic (exact) mass is 237 g/mol. The van der Waals surface area contributed by atoms with Crippen LogP contribution in [0.3, 0.4) is 0 Å². The molecule has 5 nitrogen and oxygen atoms in total. The first kappa shape index (κ1) is 16.9. The Labute approximate surface area is 121 Å². The van der Waals surface area contributed by atoms with Crippen LogP contribution < -0.4 is 0 Å². The van der Waals surface area contributed by atoms with Crippen molar-refractivity contribution in [2.45, 2.75) is 0 Å². The molecule has 75 valence electrons. The van der Waals surface area contributed by atoms with Gasteiger partial charge < -0.3 is 9.47 Å². The quantitative estimate of drug-likeness (QED) is 0.353. The van der Waals surface area contributed by atoms with Crippen LogP contribution in [0.4, 0.5) is 0 Å². The molecule has 0 amide bonds.